The molecule has 3 aromatic rings. The van der Waals surface area contributed by atoms with Crippen molar-refractivity contribution in [2.75, 3.05) is 6.54 Å². The molecule has 0 saturated carbocycles. The topological polar surface area (TPSA) is 109 Å². The molecule has 1 aromatic heterocycles. The van der Waals surface area contributed by atoms with Crippen LogP contribution in [0.4, 0.5) is 17.6 Å². The second kappa shape index (κ2) is 9.96. The lowest BCUT2D eigenvalue weighted by Gasteiger charge is -2.31. The Balaban J connectivity index is 1.60. The van der Waals surface area contributed by atoms with E-state index >= 15 is 0 Å². The Morgan fingerprint density at radius 3 is 2.56 bits per heavy atom. The number of carbonyl (C=O) groups excluding carboxylic acids is 1. The number of rotatable bonds is 5. The summed E-state index contributed by atoms with van der Waals surface area (Å²) in [6.45, 7) is -0.217. The van der Waals surface area contributed by atoms with Crippen molar-refractivity contribution >= 4 is 17.5 Å². The Labute approximate surface area is 206 Å². The summed E-state index contributed by atoms with van der Waals surface area (Å²) in [4.78, 5) is 29.0. The summed E-state index contributed by atoms with van der Waals surface area (Å²) in [6.07, 6.45) is -4.93. The standard InChI is InChI=1S/C23H16ClF4N5O3/c24-15-5-12(8-29)6-17(7-15)36-18-19(23(26,27)28)31-11-33(22(18)35)10-14-9-30-20(32-21(14)34)13-1-3-16(25)4-2-13/h1-7,11,14,20,30H,9-10H2,(H,32,34). The van der Waals surface area contributed by atoms with Crippen molar-refractivity contribution in [3.05, 3.63) is 86.8 Å². The molecule has 4 rings (SSSR count). The molecule has 0 aliphatic carbocycles. The monoisotopic (exact) mass is 521 g/mol. The molecule has 1 fully saturated rings. The van der Waals surface area contributed by atoms with Gasteiger partial charge in [-0.1, -0.05) is 23.7 Å². The molecule has 8 nitrogen and oxygen atoms in total. The largest absolute Gasteiger partial charge is 0.449 e. The van der Waals surface area contributed by atoms with Crippen molar-refractivity contribution in [2.24, 2.45) is 5.92 Å². The lowest BCUT2D eigenvalue weighted by Crippen LogP contribution is -2.52. The minimum Gasteiger partial charge on any atom is -0.449 e. The molecule has 2 unspecified atom stereocenters. The normalized spacial score (nSPS) is 17.8. The van der Waals surface area contributed by atoms with Crippen LogP contribution in [0.25, 0.3) is 0 Å². The van der Waals surface area contributed by atoms with Crippen molar-refractivity contribution in [1.82, 2.24) is 20.2 Å². The second-order valence-electron chi connectivity index (χ2n) is 7.87. The van der Waals surface area contributed by atoms with Gasteiger partial charge < -0.3 is 10.1 Å². The van der Waals surface area contributed by atoms with E-state index in [4.69, 9.17) is 21.6 Å². The third kappa shape index (κ3) is 5.48. The van der Waals surface area contributed by atoms with E-state index < -0.39 is 47.0 Å². The number of hydrogen-bond donors (Lipinski definition) is 2. The zero-order valence-corrected chi connectivity index (χ0v) is 18.9. The zero-order valence-electron chi connectivity index (χ0n) is 18.1. The fraction of sp³-hybridized carbons (Fsp3) is 0.217. The maximum Gasteiger partial charge on any atom is 0.437 e. The van der Waals surface area contributed by atoms with E-state index in [1.807, 2.05) is 0 Å². The highest BCUT2D eigenvalue weighted by molar-refractivity contribution is 6.30. The van der Waals surface area contributed by atoms with Gasteiger partial charge in [0.25, 0.3) is 5.56 Å². The van der Waals surface area contributed by atoms with Crippen LogP contribution in [0.2, 0.25) is 5.02 Å². The number of aromatic nitrogens is 2. The molecule has 2 aromatic carbocycles. The maximum atomic E-state index is 13.6. The van der Waals surface area contributed by atoms with Gasteiger partial charge in [0, 0.05) is 18.1 Å². The molecule has 0 spiro atoms. The van der Waals surface area contributed by atoms with Gasteiger partial charge >= 0.3 is 6.18 Å². The first-order valence-electron chi connectivity index (χ1n) is 10.4. The van der Waals surface area contributed by atoms with Crippen LogP contribution in [-0.4, -0.2) is 22.0 Å². The van der Waals surface area contributed by atoms with Gasteiger partial charge in [-0.05, 0) is 35.9 Å². The van der Waals surface area contributed by atoms with Gasteiger partial charge in [-0.25, -0.2) is 9.37 Å². The Morgan fingerprint density at radius 1 is 1.19 bits per heavy atom. The van der Waals surface area contributed by atoms with Crippen molar-refractivity contribution in [3.63, 3.8) is 0 Å². The average Bonchev–Trinajstić information content (AvgIpc) is 2.82. The molecular formula is C23H16ClF4N5O3. The Morgan fingerprint density at radius 2 is 1.92 bits per heavy atom. The van der Waals surface area contributed by atoms with Crippen LogP contribution >= 0.6 is 11.6 Å². The van der Waals surface area contributed by atoms with Crippen molar-refractivity contribution in [1.29, 1.82) is 5.26 Å². The average molecular weight is 522 g/mol. The lowest BCUT2D eigenvalue weighted by atomic mass is 10.0. The van der Waals surface area contributed by atoms with Crippen LogP contribution in [0.3, 0.4) is 0 Å². The lowest BCUT2D eigenvalue weighted by molar-refractivity contribution is -0.142. The summed E-state index contributed by atoms with van der Waals surface area (Å²) in [5.74, 6) is -3.12. The molecule has 1 amide bonds. The number of hydrogen-bond acceptors (Lipinski definition) is 6. The number of amides is 1. The Bertz CT molecular complexity index is 1400. The van der Waals surface area contributed by atoms with Crippen molar-refractivity contribution in [3.8, 4) is 17.6 Å². The molecule has 186 valence electrons. The van der Waals surface area contributed by atoms with Crippen LogP contribution in [0.1, 0.15) is 23.0 Å². The summed E-state index contributed by atoms with van der Waals surface area (Å²) < 4.78 is 59.9. The summed E-state index contributed by atoms with van der Waals surface area (Å²) in [5.41, 5.74) is -2.13. The molecule has 2 atom stereocenters. The third-order valence-electron chi connectivity index (χ3n) is 5.33. The van der Waals surface area contributed by atoms with Gasteiger partial charge in [0.2, 0.25) is 11.7 Å². The summed E-state index contributed by atoms with van der Waals surface area (Å²) in [7, 11) is 0. The maximum absolute atomic E-state index is 13.6. The van der Waals surface area contributed by atoms with Crippen LogP contribution in [0, 0.1) is 23.1 Å². The van der Waals surface area contributed by atoms with E-state index in [9.17, 15) is 27.2 Å². The van der Waals surface area contributed by atoms with Gasteiger partial charge in [-0.3, -0.25) is 19.5 Å². The van der Waals surface area contributed by atoms with Crippen LogP contribution in [0.5, 0.6) is 11.5 Å². The molecule has 1 aliphatic heterocycles. The summed E-state index contributed by atoms with van der Waals surface area (Å²) in [6, 6.07) is 10.8. The van der Waals surface area contributed by atoms with E-state index in [0.717, 1.165) is 16.7 Å². The second-order valence-corrected chi connectivity index (χ2v) is 8.30. The minimum atomic E-state index is -5.02. The number of nitrogens with one attached hydrogen (secondary N) is 2. The Hall–Kier alpha value is -3.95. The predicted molar refractivity (Wildman–Crippen MR) is 119 cm³/mol. The molecule has 1 saturated heterocycles. The van der Waals surface area contributed by atoms with Gasteiger partial charge in [0.15, 0.2) is 5.69 Å². The number of nitriles is 1. The number of alkyl halides is 3. The molecular weight excluding hydrogens is 506 g/mol. The van der Waals surface area contributed by atoms with Crippen molar-refractivity contribution < 1.29 is 27.1 Å². The first-order chi connectivity index (χ1) is 17.0. The smallest absolute Gasteiger partial charge is 0.437 e. The molecule has 0 radical (unpaired) electrons. The van der Waals surface area contributed by atoms with E-state index in [2.05, 4.69) is 15.6 Å². The van der Waals surface area contributed by atoms with Crippen LogP contribution in [-0.2, 0) is 17.5 Å². The highest BCUT2D eigenvalue weighted by Gasteiger charge is 2.39. The molecule has 1 aliphatic rings. The highest BCUT2D eigenvalue weighted by atomic mass is 35.5. The molecule has 0 bridgehead atoms. The predicted octanol–water partition coefficient (Wildman–Crippen LogP) is 3.75. The van der Waals surface area contributed by atoms with Gasteiger partial charge in [-0.15, -0.1) is 0 Å². The number of nitrogens with zero attached hydrogens (tertiary/aromatic N) is 3. The minimum absolute atomic E-state index is 0.0101. The Kier molecular flexibility index (Phi) is 6.96. The number of halogens is 5. The van der Waals surface area contributed by atoms with Crippen molar-refractivity contribution in [2.45, 2.75) is 18.9 Å². The fourth-order valence-corrected chi connectivity index (χ4v) is 3.83. The molecule has 2 N–H and O–H groups in total. The summed E-state index contributed by atoms with van der Waals surface area (Å²) in [5, 5.41) is 14.8. The van der Waals surface area contributed by atoms with Gasteiger partial charge in [0.1, 0.15) is 17.7 Å². The number of carbonyl (C=O) groups is 1. The van der Waals surface area contributed by atoms with E-state index in [-0.39, 0.29) is 29.4 Å². The first-order valence-corrected chi connectivity index (χ1v) is 10.8. The molecule has 2 heterocycles. The highest BCUT2D eigenvalue weighted by Crippen LogP contribution is 2.35. The molecule has 36 heavy (non-hydrogen) atoms. The first kappa shape index (κ1) is 25.2. The van der Waals surface area contributed by atoms with E-state index in [1.54, 1.807) is 6.07 Å². The molecule has 13 heteroatoms. The number of benzene rings is 2. The number of ether oxygens (including phenoxy) is 1. The third-order valence-corrected chi connectivity index (χ3v) is 5.55. The van der Waals surface area contributed by atoms with E-state index in [0.29, 0.717) is 11.9 Å². The fourth-order valence-electron chi connectivity index (χ4n) is 3.60. The van der Waals surface area contributed by atoms with Gasteiger partial charge in [0.05, 0.1) is 23.9 Å². The van der Waals surface area contributed by atoms with Crippen LogP contribution in [0.15, 0.2) is 53.6 Å². The zero-order chi connectivity index (χ0) is 26.0. The van der Waals surface area contributed by atoms with Gasteiger partial charge in [-0.2, -0.15) is 18.4 Å². The summed E-state index contributed by atoms with van der Waals surface area (Å²) >= 11 is 5.88. The van der Waals surface area contributed by atoms with Crippen LogP contribution < -0.4 is 20.9 Å². The SMILES string of the molecule is N#Cc1cc(Cl)cc(Oc2c(C(F)(F)F)ncn(CC3CNC(c4ccc(F)cc4)NC3=O)c2=O)c1. The quantitative estimate of drug-likeness (QED) is 0.495. The van der Waals surface area contributed by atoms with E-state index in [1.165, 1.54) is 30.3 Å².